The van der Waals surface area contributed by atoms with Crippen LogP contribution in [0.1, 0.15) is 20.8 Å². The lowest BCUT2D eigenvalue weighted by Gasteiger charge is -2.27. The van der Waals surface area contributed by atoms with Crippen LogP contribution in [0.5, 0.6) is 5.75 Å². The van der Waals surface area contributed by atoms with Crippen LogP contribution in [-0.4, -0.2) is 33.4 Å². The van der Waals surface area contributed by atoms with Crippen molar-refractivity contribution in [3.05, 3.63) is 54.9 Å². The normalized spacial score (nSPS) is 15.2. The van der Waals surface area contributed by atoms with Crippen LogP contribution in [0.3, 0.4) is 0 Å². The van der Waals surface area contributed by atoms with E-state index in [0.717, 1.165) is 6.07 Å². The van der Waals surface area contributed by atoms with E-state index in [4.69, 9.17) is 4.74 Å². The maximum atomic E-state index is 14.2. The van der Waals surface area contributed by atoms with Crippen molar-refractivity contribution in [3.63, 3.8) is 0 Å². The van der Waals surface area contributed by atoms with E-state index < -0.39 is 27.2 Å². The lowest BCUT2D eigenvalue weighted by atomic mass is 9.93. The predicted octanol–water partition coefficient (Wildman–Crippen LogP) is 3.52. The summed E-state index contributed by atoms with van der Waals surface area (Å²) in [6.45, 7) is 8.81. The Labute approximate surface area is 186 Å². The Morgan fingerprint density at radius 2 is 2.00 bits per heavy atom. The smallest absolute Gasteiger partial charge is 0.261 e. The van der Waals surface area contributed by atoms with Crippen LogP contribution in [0.15, 0.2) is 53.9 Å². The molecule has 0 bridgehead atoms. The molecule has 1 aliphatic heterocycles. The molecule has 0 aliphatic carbocycles. The van der Waals surface area contributed by atoms with Gasteiger partial charge in [-0.15, -0.1) is 6.58 Å². The summed E-state index contributed by atoms with van der Waals surface area (Å²) in [5.41, 5.74) is -0.345. The first-order chi connectivity index (χ1) is 14.9. The molecule has 1 aliphatic rings. The van der Waals surface area contributed by atoms with Crippen molar-refractivity contribution in [1.29, 1.82) is 0 Å². The van der Waals surface area contributed by atoms with Gasteiger partial charge in [-0.25, -0.2) is 12.8 Å². The second kappa shape index (κ2) is 8.62. The van der Waals surface area contributed by atoms with E-state index in [0.29, 0.717) is 11.4 Å². The van der Waals surface area contributed by atoms with Crippen molar-refractivity contribution >= 4 is 38.9 Å². The fourth-order valence-electron chi connectivity index (χ4n) is 3.19. The molecule has 0 radical (unpaired) electrons. The minimum Gasteiger partial charge on any atom is -0.490 e. The summed E-state index contributed by atoms with van der Waals surface area (Å²) in [7, 11) is -4.15. The number of benzene rings is 2. The zero-order valence-corrected chi connectivity index (χ0v) is 18.8. The van der Waals surface area contributed by atoms with E-state index in [1.54, 1.807) is 26.0 Å². The molecule has 0 atom stereocenters. The topological polar surface area (TPSA) is 105 Å². The summed E-state index contributed by atoms with van der Waals surface area (Å²) in [6.07, 6.45) is 1.57. The molecule has 0 fully saturated rings. The van der Waals surface area contributed by atoms with Crippen molar-refractivity contribution in [3.8, 4) is 5.75 Å². The first-order valence-electron chi connectivity index (χ1n) is 9.74. The third kappa shape index (κ3) is 4.75. The third-order valence-corrected chi connectivity index (χ3v) is 6.17. The Hall–Kier alpha value is -3.40. The Kier molecular flexibility index (Phi) is 6.27. The number of ether oxygens (including phenoxy) is 1. The number of nitrogens with one attached hydrogen (secondary N) is 2. The van der Waals surface area contributed by atoms with Gasteiger partial charge < -0.3 is 15.0 Å². The minimum absolute atomic E-state index is 0.125. The maximum absolute atomic E-state index is 14.2. The quantitative estimate of drug-likeness (QED) is 0.641. The molecule has 0 saturated carbocycles. The van der Waals surface area contributed by atoms with E-state index in [2.05, 4.69) is 16.6 Å². The number of carbonyl (C=O) groups excluding carboxylic acids is 2. The number of nitrogens with zero attached hydrogens (tertiary/aromatic N) is 1. The number of fused-ring (bicyclic) bond motifs is 1. The summed E-state index contributed by atoms with van der Waals surface area (Å²) >= 11 is 0. The zero-order valence-electron chi connectivity index (χ0n) is 17.9. The first-order valence-corrected chi connectivity index (χ1v) is 11.2. The Bertz CT molecular complexity index is 1190. The van der Waals surface area contributed by atoms with Gasteiger partial charge in [0.1, 0.15) is 18.2 Å². The van der Waals surface area contributed by atoms with Crippen LogP contribution >= 0.6 is 0 Å². The molecule has 10 heteroatoms. The Balaban J connectivity index is 1.94. The van der Waals surface area contributed by atoms with Crippen molar-refractivity contribution in [2.24, 2.45) is 5.41 Å². The van der Waals surface area contributed by atoms with Crippen LogP contribution in [0.4, 0.5) is 21.5 Å². The van der Waals surface area contributed by atoms with Gasteiger partial charge in [0.15, 0.2) is 0 Å². The average molecular weight is 462 g/mol. The van der Waals surface area contributed by atoms with Crippen molar-refractivity contribution in [1.82, 2.24) is 0 Å². The number of sulfonamides is 1. The SMILES string of the molecule is C=CCN1C(=O)C(C)(C)COc2ccc(NS(=O)(=O)c3ccc(NC(C)=O)c(F)c3)cc21. The van der Waals surface area contributed by atoms with Crippen LogP contribution < -0.4 is 19.7 Å². The fraction of sp³-hybridized carbons (Fsp3) is 0.273. The highest BCUT2D eigenvalue weighted by molar-refractivity contribution is 7.92. The molecule has 2 N–H and O–H groups in total. The van der Waals surface area contributed by atoms with E-state index in [-0.39, 0.29) is 35.3 Å². The zero-order chi connectivity index (χ0) is 23.7. The molecule has 0 saturated heterocycles. The highest BCUT2D eigenvalue weighted by atomic mass is 32.2. The summed E-state index contributed by atoms with van der Waals surface area (Å²) in [6, 6.07) is 7.71. The molecule has 3 rings (SSSR count). The average Bonchev–Trinajstić information content (AvgIpc) is 2.79. The van der Waals surface area contributed by atoms with Crippen LogP contribution in [-0.2, 0) is 19.6 Å². The Morgan fingerprint density at radius 1 is 1.28 bits per heavy atom. The van der Waals surface area contributed by atoms with Gasteiger partial charge in [0.25, 0.3) is 10.0 Å². The van der Waals surface area contributed by atoms with Crippen molar-refractivity contribution in [2.45, 2.75) is 25.7 Å². The number of halogens is 1. The predicted molar refractivity (Wildman–Crippen MR) is 120 cm³/mol. The molecule has 0 aromatic heterocycles. The number of amides is 2. The molecule has 8 nitrogen and oxygen atoms in total. The monoisotopic (exact) mass is 461 g/mol. The summed E-state index contributed by atoms with van der Waals surface area (Å²) in [5, 5.41) is 2.28. The van der Waals surface area contributed by atoms with Gasteiger partial charge in [-0.3, -0.25) is 14.3 Å². The number of anilines is 3. The van der Waals surface area contributed by atoms with Crippen LogP contribution in [0, 0.1) is 11.2 Å². The summed E-state index contributed by atoms with van der Waals surface area (Å²) in [4.78, 5) is 25.2. The van der Waals surface area contributed by atoms with Crippen LogP contribution in [0.2, 0.25) is 0 Å². The van der Waals surface area contributed by atoms with Gasteiger partial charge >= 0.3 is 0 Å². The number of carbonyl (C=O) groups is 2. The molecule has 0 spiro atoms. The Morgan fingerprint density at radius 3 is 2.62 bits per heavy atom. The molecule has 170 valence electrons. The highest BCUT2D eigenvalue weighted by Gasteiger charge is 2.37. The fourth-order valence-corrected chi connectivity index (χ4v) is 4.25. The van der Waals surface area contributed by atoms with E-state index in [1.807, 2.05) is 0 Å². The maximum Gasteiger partial charge on any atom is 0.261 e. The molecular formula is C22H24FN3O5S. The summed E-state index contributed by atoms with van der Waals surface area (Å²) in [5.74, 6) is -1.12. The first kappa shape index (κ1) is 23.3. The summed E-state index contributed by atoms with van der Waals surface area (Å²) < 4.78 is 48.0. The lowest BCUT2D eigenvalue weighted by molar-refractivity contribution is -0.127. The second-order valence-electron chi connectivity index (χ2n) is 7.99. The van der Waals surface area contributed by atoms with Crippen molar-refractivity contribution < 1.29 is 27.1 Å². The van der Waals surface area contributed by atoms with E-state index in [1.165, 1.54) is 36.1 Å². The standard InChI is InChI=1S/C22H24FN3O5S/c1-5-10-26-19-11-15(6-9-20(19)31-13-22(3,4)21(26)28)25-32(29,30)16-7-8-18(17(23)12-16)24-14(2)27/h5-9,11-12,25H,1,10,13H2,2-4H3,(H,24,27). The number of hydrogen-bond donors (Lipinski definition) is 2. The van der Waals surface area contributed by atoms with Gasteiger partial charge in [-0.1, -0.05) is 6.08 Å². The van der Waals surface area contributed by atoms with Gasteiger partial charge in [0, 0.05) is 13.5 Å². The molecular weight excluding hydrogens is 437 g/mol. The van der Waals surface area contributed by atoms with Gasteiger partial charge in [0.2, 0.25) is 11.8 Å². The molecule has 0 unspecified atom stereocenters. The van der Waals surface area contributed by atoms with Gasteiger partial charge in [-0.05, 0) is 50.2 Å². The number of rotatable bonds is 6. The third-order valence-electron chi connectivity index (χ3n) is 4.79. The molecule has 1 heterocycles. The van der Waals surface area contributed by atoms with E-state index in [9.17, 15) is 22.4 Å². The van der Waals surface area contributed by atoms with E-state index >= 15 is 0 Å². The molecule has 2 aromatic rings. The van der Waals surface area contributed by atoms with Gasteiger partial charge in [0.05, 0.1) is 27.4 Å². The number of hydrogen-bond acceptors (Lipinski definition) is 5. The molecule has 2 amide bonds. The van der Waals surface area contributed by atoms with Crippen LogP contribution in [0.25, 0.3) is 0 Å². The molecule has 32 heavy (non-hydrogen) atoms. The second-order valence-corrected chi connectivity index (χ2v) is 9.67. The molecule has 2 aromatic carbocycles. The van der Waals surface area contributed by atoms with Gasteiger partial charge in [-0.2, -0.15) is 0 Å². The van der Waals surface area contributed by atoms with Crippen molar-refractivity contribution in [2.75, 3.05) is 28.1 Å². The lowest BCUT2D eigenvalue weighted by Crippen LogP contribution is -2.42. The largest absolute Gasteiger partial charge is 0.490 e. The highest BCUT2D eigenvalue weighted by Crippen LogP contribution is 2.38. The minimum atomic E-state index is -4.15.